The third-order valence-electron chi connectivity index (χ3n) is 5.84. The van der Waals surface area contributed by atoms with Gasteiger partial charge in [0.1, 0.15) is 17.9 Å². The van der Waals surface area contributed by atoms with Crippen molar-refractivity contribution in [2.24, 2.45) is 0 Å². The highest BCUT2D eigenvalue weighted by molar-refractivity contribution is 5.99. The molecule has 2 N–H and O–H groups in total. The molecule has 0 saturated carbocycles. The van der Waals surface area contributed by atoms with Gasteiger partial charge in [-0.25, -0.2) is 0 Å². The van der Waals surface area contributed by atoms with Gasteiger partial charge < -0.3 is 19.8 Å². The van der Waals surface area contributed by atoms with E-state index in [1.807, 2.05) is 54.6 Å². The number of benzene rings is 2. The van der Waals surface area contributed by atoms with E-state index in [0.717, 1.165) is 29.5 Å². The van der Waals surface area contributed by atoms with Crippen LogP contribution in [0.5, 0.6) is 5.75 Å². The number of fused-ring (bicyclic) bond motifs is 3. The molecular weight excluding hydrogens is 388 g/mol. The Hall–Kier alpha value is -2.50. The SMILES string of the molecule is Cl.O=C(NC1CC2CCC(C1)N2)c1oc2ccccc2c1COc1ccccc1. The summed E-state index contributed by atoms with van der Waals surface area (Å²) in [7, 11) is 0. The molecule has 5 nitrogen and oxygen atoms in total. The topological polar surface area (TPSA) is 63.5 Å². The zero-order valence-corrected chi connectivity index (χ0v) is 16.9. The molecule has 152 valence electrons. The van der Waals surface area contributed by atoms with Crippen molar-refractivity contribution in [3.63, 3.8) is 0 Å². The Morgan fingerprint density at radius 1 is 1.03 bits per heavy atom. The highest BCUT2D eigenvalue weighted by atomic mass is 35.5. The molecule has 2 aliphatic rings. The summed E-state index contributed by atoms with van der Waals surface area (Å²) in [6.07, 6.45) is 4.38. The van der Waals surface area contributed by atoms with E-state index in [1.54, 1.807) is 0 Å². The Labute approximate surface area is 176 Å². The minimum atomic E-state index is -0.144. The van der Waals surface area contributed by atoms with Crippen LogP contribution < -0.4 is 15.4 Å². The molecule has 2 aromatic carbocycles. The summed E-state index contributed by atoms with van der Waals surface area (Å²) in [6.45, 7) is 0.293. The normalized spacial score (nSPS) is 22.8. The number of halogens is 1. The fourth-order valence-corrected chi connectivity index (χ4v) is 4.52. The van der Waals surface area contributed by atoms with Crippen molar-refractivity contribution in [1.29, 1.82) is 0 Å². The Kier molecular flexibility index (Phi) is 5.79. The minimum Gasteiger partial charge on any atom is -0.489 e. The largest absolute Gasteiger partial charge is 0.489 e. The van der Waals surface area contributed by atoms with Crippen LogP contribution in [-0.4, -0.2) is 24.0 Å². The van der Waals surface area contributed by atoms with Gasteiger partial charge in [0.15, 0.2) is 5.76 Å². The maximum Gasteiger partial charge on any atom is 0.287 e. The maximum atomic E-state index is 13.1. The Bertz CT molecular complexity index is 976. The summed E-state index contributed by atoms with van der Waals surface area (Å²) in [5.41, 5.74) is 1.51. The summed E-state index contributed by atoms with van der Waals surface area (Å²) in [6, 6.07) is 18.6. The lowest BCUT2D eigenvalue weighted by Crippen LogP contribution is -2.48. The van der Waals surface area contributed by atoms with Crippen molar-refractivity contribution in [3.05, 3.63) is 65.9 Å². The van der Waals surface area contributed by atoms with Gasteiger partial charge in [-0.3, -0.25) is 4.79 Å². The second kappa shape index (κ2) is 8.47. The van der Waals surface area contributed by atoms with Crippen molar-refractivity contribution >= 4 is 29.3 Å². The van der Waals surface area contributed by atoms with Gasteiger partial charge in [0.25, 0.3) is 5.91 Å². The standard InChI is InChI=1S/C23H24N2O3.ClH/c26-23(25-17-12-15-10-11-16(13-17)24-15)22-20(14-27-18-6-2-1-3-7-18)19-8-4-5-9-21(19)28-22;/h1-9,15-17,24H,10-14H2,(H,25,26);1H. The van der Waals surface area contributed by atoms with Gasteiger partial charge >= 0.3 is 0 Å². The van der Waals surface area contributed by atoms with Gasteiger partial charge in [0, 0.05) is 29.1 Å². The molecule has 5 rings (SSSR count). The number of furan rings is 1. The number of hydrogen-bond acceptors (Lipinski definition) is 4. The van der Waals surface area contributed by atoms with Crippen LogP contribution in [0, 0.1) is 0 Å². The van der Waals surface area contributed by atoms with E-state index in [4.69, 9.17) is 9.15 Å². The van der Waals surface area contributed by atoms with Gasteiger partial charge in [-0.2, -0.15) is 0 Å². The van der Waals surface area contributed by atoms with E-state index < -0.39 is 0 Å². The maximum absolute atomic E-state index is 13.1. The molecule has 3 heterocycles. The zero-order valence-electron chi connectivity index (χ0n) is 16.1. The molecule has 2 aliphatic heterocycles. The molecular formula is C23H25ClN2O3. The number of hydrogen-bond donors (Lipinski definition) is 2. The summed E-state index contributed by atoms with van der Waals surface area (Å²) in [4.78, 5) is 13.1. The molecule has 1 amide bonds. The first-order valence-corrected chi connectivity index (χ1v) is 10.0. The molecule has 2 atom stereocenters. The molecule has 2 fully saturated rings. The number of para-hydroxylation sites is 2. The molecule has 1 aromatic heterocycles. The van der Waals surface area contributed by atoms with Crippen molar-refractivity contribution in [1.82, 2.24) is 10.6 Å². The molecule has 0 spiro atoms. The van der Waals surface area contributed by atoms with Crippen molar-refractivity contribution < 1.29 is 13.9 Å². The van der Waals surface area contributed by atoms with Crippen LogP contribution in [0.4, 0.5) is 0 Å². The third kappa shape index (κ3) is 4.11. The van der Waals surface area contributed by atoms with Gasteiger partial charge in [0.05, 0.1) is 0 Å². The van der Waals surface area contributed by atoms with Crippen LogP contribution in [0.1, 0.15) is 41.8 Å². The molecule has 29 heavy (non-hydrogen) atoms. The molecule has 2 saturated heterocycles. The average molecular weight is 413 g/mol. The molecule has 0 radical (unpaired) electrons. The lowest BCUT2D eigenvalue weighted by molar-refractivity contribution is 0.0894. The molecule has 6 heteroatoms. The highest BCUT2D eigenvalue weighted by Gasteiger charge is 2.35. The van der Waals surface area contributed by atoms with Crippen LogP contribution in [-0.2, 0) is 6.61 Å². The number of rotatable bonds is 5. The summed E-state index contributed by atoms with van der Waals surface area (Å²) < 4.78 is 11.9. The summed E-state index contributed by atoms with van der Waals surface area (Å²) >= 11 is 0. The first kappa shape index (κ1) is 19.8. The number of ether oxygens (including phenoxy) is 1. The second-order valence-electron chi connectivity index (χ2n) is 7.79. The molecule has 2 bridgehead atoms. The molecule has 0 aliphatic carbocycles. The van der Waals surface area contributed by atoms with Crippen molar-refractivity contribution in [2.45, 2.75) is 50.4 Å². The molecule has 3 aromatic rings. The van der Waals surface area contributed by atoms with Crippen LogP contribution in [0.2, 0.25) is 0 Å². The lowest BCUT2D eigenvalue weighted by atomic mass is 9.99. The Morgan fingerprint density at radius 2 is 1.72 bits per heavy atom. The quantitative estimate of drug-likeness (QED) is 0.650. The number of carbonyl (C=O) groups is 1. The van der Waals surface area contributed by atoms with E-state index in [1.165, 1.54) is 12.8 Å². The van der Waals surface area contributed by atoms with Crippen LogP contribution in [0.3, 0.4) is 0 Å². The lowest BCUT2D eigenvalue weighted by Gasteiger charge is -2.29. The summed E-state index contributed by atoms with van der Waals surface area (Å²) in [5, 5.41) is 7.74. The average Bonchev–Trinajstić information content (AvgIpc) is 3.26. The van der Waals surface area contributed by atoms with Gasteiger partial charge in [-0.15, -0.1) is 12.4 Å². The minimum absolute atomic E-state index is 0. The number of carbonyl (C=O) groups excluding carboxylic acids is 1. The first-order chi connectivity index (χ1) is 13.8. The Balaban J connectivity index is 0.00000205. The fourth-order valence-electron chi connectivity index (χ4n) is 4.52. The monoisotopic (exact) mass is 412 g/mol. The smallest absolute Gasteiger partial charge is 0.287 e. The fraction of sp³-hybridized carbons (Fsp3) is 0.348. The Morgan fingerprint density at radius 3 is 2.48 bits per heavy atom. The molecule has 2 unspecified atom stereocenters. The van der Waals surface area contributed by atoms with E-state index >= 15 is 0 Å². The predicted molar refractivity (Wildman–Crippen MR) is 115 cm³/mol. The third-order valence-corrected chi connectivity index (χ3v) is 5.84. The number of amides is 1. The van der Waals surface area contributed by atoms with Gasteiger partial charge in [-0.1, -0.05) is 36.4 Å². The highest BCUT2D eigenvalue weighted by Crippen LogP contribution is 2.29. The number of piperidine rings is 1. The van der Waals surface area contributed by atoms with E-state index in [2.05, 4.69) is 10.6 Å². The summed E-state index contributed by atoms with van der Waals surface area (Å²) in [5.74, 6) is 0.992. The van der Waals surface area contributed by atoms with E-state index in [0.29, 0.717) is 30.0 Å². The van der Waals surface area contributed by atoms with E-state index in [9.17, 15) is 4.79 Å². The van der Waals surface area contributed by atoms with Gasteiger partial charge in [0.2, 0.25) is 0 Å². The van der Waals surface area contributed by atoms with E-state index in [-0.39, 0.29) is 24.4 Å². The van der Waals surface area contributed by atoms with Crippen LogP contribution in [0.25, 0.3) is 11.0 Å². The van der Waals surface area contributed by atoms with Crippen LogP contribution in [0.15, 0.2) is 59.0 Å². The predicted octanol–water partition coefficient (Wildman–Crippen LogP) is 4.45. The number of nitrogens with one attached hydrogen (secondary N) is 2. The van der Waals surface area contributed by atoms with Crippen molar-refractivity contribution in [3.8, 4) is 5.75 Å². The zero-order chi connectivity index (χ0) is 18.9. The van der Waals surface area contributed by atoms with Gasteiger partial charge in [-0.05, 0) is 43.9 Å². The van der Waals surface area contributed by atoms with Crippen molar-refractivity contribution in [2.75, 3.05) is 0 Å². The van der Waals surface area contributed by atoms with Crippen LogP contribution >= 0.6 is 12.4 Å². The first-order valence-electron chi connectivity index (χ1n) is 10.0. The second-order valence-corrected chi connectivity index (χ2v) is 7.79.